The molecule has 1 heterocycles. The van der Waals surface area contributed by atoms with Gasteiger partial charge in [-0.05, 0) is 30.3 Å². The molecule has 102 valence electrons. The van der Waals surface area contributed by atoms with E-state index in [0.29, 0.717) is 22.6 Å². The average Bonchev–Trinajstić information content (AvgIpc) is 2.83. The molecule has 0 aliphatic carbocycles. The molecule has 2 aromatic carbocycles. The Morgan fingerprint density at radius 1 is 1.24 bits per heavy atom. The van der Waals surface area contributed by atoms with Crippen LogP contribution in [0, 0.1) is 11.3 Å². The molecule has 0 bridgehead atoms. The maximum absolute atomic E-state index is 12.1. The largest absolute Gasteiger partial charge is 0.313 e. The van der Waals surface area contributed by atoms with Crippen molar-refractivity contribution in [3.63, 3.8) is 0 Å². The third kappa shape index (κ3) is 2.35. The summed E-state index contributed by atoms with van der Waals surface area (Å²) in [6.45, 7) is 0. The fourth-order valence-electron chi connectivity index (χ4n) is 2.14. The van der Waals surface area contributed by atoms with Crippen molar-refractivity contribution in [1.29, 1.82) is 5.26 Å². The Morgan fingerprint density at radius 2 is 2.00 bits per heavy atom. The molecule has 21 heavy (non-hydrogen) atoms. The zero-order valence-electron chi connectivity index (χ0n) is 11.4. The van der Waals surface area contributed by atoms with Gasteiger partial charge in [-0.2, -0.15) is 5.26 Å². The molecule has 1 aromatic heterocycles. The first kappa shape index (κ1) is 12.9. The Kier molecular flexibility index (Phi) is 3.13. The number of aromatic nitrogens is 2. The smallest absolute Gasteiger partial charge is 0.257 e. The number of benzene rings is 2. The van der Waals surface area contributed by atoms with Gasteiger partial charge in [-0.15, -0.1) is 0 Å². The molecule has 0 aliphatic rings. The van der Waals surface area contributed by atoms with Crippen LogP contribution < -0.4 is 5.32 Å². The Morgan fingerprint density at radius 3 is 2.71 bits per heavy atom. The first-order valence-corrected chi connectivity index (χ1v) is 6.42. The second-order valence-electron chi connectivity index (χ2n) is 4.63. The predicted octanol–water partition coefficient (Wildman–Crippen LogP) is 2.70. The molecule has 1 N–H and O–H groups in total. The Hall–Kier alpha value is -3.13. The van der Waals surface area contributed by atoms with Crippen LogP contribution in [-0.4, -0.2) is 15.5 Å². The number of amides is 1. The Balaban J connectivity index is 1.96. The number of imidazole rings is 1. The van der Waals surface area contributed by atoms with E-state index >= 15 is 0 Å². The summed E-state index contributed by atoms with van der Waals surface area (Å²) in [6, 6.07) is 16.3. The lowest BCUT2D eigenvalue weighted by Crippen LogP contribution is -2.14. The van der Waals surface area contributed by atoms with Crippen LogP contribution in [0.25, 0.3) is 11.0 Å². The van der Waals surface area contributed by atoms with Crippen LogP contribution in [0.5, 0.6) is 0 Å². The van der Waals surface area contributed by atoms with Crippen molar-refractivity contribution in [2.45, 2.75) is 0 Å². The molecule has 3 rings (SSSR count). The zero-order valence-corrected chi connectivity index (χ0v) is 11.4. The van der Waals surface area contributed by atoms with Gasteiger partial charge in [-0.1, -0.05) is 18.2 Å². The number of carbonyl (C=O) groups excluding carboxylic acids is 1. The van der Waals surface area contributed by atoms with Gasteiger partial charge in [0, 0.05) is 12.6 Å². The van der Waals surface area contributed by atoms with E-state index in [2.05, 4.69) is 16.4 Å². The number of rotatable bonds is 2. The maximum atomic E-state index is 12.1. The first-order chi connectivity index (χ1) is 10.2. The maximum Gasteiger partial charge on any atom is 0.257 e. The van der Waals surface area contributed by atoms with Gasteiger partial charge in [0.2, 0.25) is 5.95 Å². The van der Waals surface area contributed by atoms with E-state index < -0.39 is 0 Å². The topological polar surface area (TPSA) is 70.7 Å². The third-order valence-corrected chi connectivity index (χ3v) is 3.27. The number of anilines is 1. The molecule has 0 unspecified atom stereocenters. The van der Waals surface area contributed by atoms with E-state index in [1.807, 2.05) is 31.3 Å². The molecule has 1 amide bonds. The van der Waals surface area contributed by atoms with E-state index in [0.717, 1.165) is 5.52 Å². The minimum atomic E-state index is -0.213. The lowest BCUT2D eigenvalue weighted by Gasteiger charge is -2.04. The van der Waals surface area contributed by atoms with Crippen molar-refractivity contribution < 1.29 is 4.79 Å². The molecule has 5 nitrogen and oxygen atoms in total. The highest BCUT2D eigenvalue weighted by Gasteiger charge is 2.12. The fraction of sp³-hybridized carbons (Fsp3) is 0.0625. The van der Waals surface area contributed by atoms with E-state index in [1.165, 1.54) is 0 Å². The van der Waals surface area contributed by atoms with Crippen LogP contribution >= 0.6 is 0 Å². The SMILES string of the molecule is Cn1c(NC(=O)c2ccccc2)nc2cc(C#N)ccc21. The van der Waals surface area contributed by atoms with Crippen molar-refractivity contribution >= 4 is 22.9 Å². The molecular weight excluding hydrogens is 264 g/mol. The number of fused-ring (bicyclic) bond motifs is 1. The van der Waals surface area contributed by atoms with Gasteiger partial charge in [0.25, 0.3) is 5.91 Å². The van der Waals surface area contributed by atoms with E-state index in [-0.39, 0.29) is 5.91 Å². The Labute approximate surface area is 121 Å². The molecule has 0 saturated carbocycles. The van der Waals surface area contributed by atoms with Crippen LogP contribution in [-0.2, 0) is 7.05 Å². The summed E-state index contributed by atoms with van der Waals surface area (Å²) in [4.78, 5) is 16.5. The summed E-state index contributed by atoms with van der Waals surface area (Å²) in [5.41, 5.74) is 2.65. The van der Waals surface area contributed by atoms with Gasteiger partial charge in [-0.3, -0.25) is 10.1 Å². The molecule has 0 radical (unpaired) electrons. The molecule has 0 fully saturated rings. The molecule has 3 aromatic rings. The number of carbonyl (C=O) groups is 1. The third-order valence-electron chi connectivity index (χ3n) is 3.27. The van der Waals surface area contributed by atoms with E-state index in [1.54, 1.807) is 28.8 Å². The van der Waals surface area contributed by atoms with Gasteiger partial charge in [0.15, 0.2) is 0 Å². The lowest BCUT2D eigenvalue weighted by atomic mass is 10.2. The van der Waals surface area contributed by atoms with Crippen molar-refractivity contribution in [3.8, 4) is 6.07 Å². The molecular formula is C16H12N4O. The van der Waals surface area contributed by atoms with Gasteiger partial charge in [0.05, 0.1) is 22.7 Å². The minimum Gasteiger partial charge on any atom is -0.313 e. The summed E-state index contributed by atoms with van der Waals surface area (Å²) in [6.07, 6.45) is 0. The number of aryl methyl sites for hydroxylation is 1. The van der Waals surface area contributed by atoms with Gasteiger partial charge in [0.1, 0.15) is 0 Å². The predicted molar refractivity (Wildman–Crippen MR) is 79.8 cm³/mol. The molecule has 0 saturated heterocycles. The number of hydrogen-bond donors (Lipinski definition) is 1. The fourth-order valence-corrected chi connectivity index (χ4v) is 2.14. The summed E-state index contributed by atoms with van der Waals surface area (Å²) < 4.78 is 1.79. The molecule has 0 atom stereocenters. The molecule has 0 aliphatic heterocycles. The Bertz CT molecular complexity index is 859. The average molecular weight is 276 g/mol. The number of nitrogens with one attached hydrogen (secondary N) is 1. The van der Waals surface area contributed by atoms with Crippen LogP contribution in [0.2, 0.25) is 0 Å². The van der Waals surface area contributed by atoms with Crippen LogP contribution in [0.1, 0.15) is 15.9 Å². The van der Waals surface area contributed by atoms with E-state index in [4.69, 9.17) is 5.26 Å². The van der Waals surface area contributed by atoms with Crippen molar-refractivity contribution in [1.82, 2.24) is 9.55 Å². The van der Waals surface area contributed by atoms with Crippen LogP contribution in [0.4, 0.5) is 5.95 Å². The van der Waals surface area contributed by atoms with E-state index in [9.17, 15) is 4.79 Å². The first-order valence-electron chi connectivity index (χ1n) is 6.42. The summed E-state index contributed by atoms with van der Waals surface area (Å²) >= 11 is 0. The van der Waals surface area contributed by atoms with Crippen molar-refractivity contribution in [2.24, 2.45) is 7.05 Å². The quantitative estimate of drug-likeness (QED) is 0.782. The minimum absolute atomic E-state index is 0.213. The zero-order chi connectivity index (χ0) is 14.8. The summed E-state index contributed by atoms with van der Waals surface area (Å²) in [5.74, 6) is 0.239. The molecule has 5 heteroatoms. The second-order valence-corrected chi connectivity index (χ2v) is 4.63. The number of nitriles is 1. The highest BCUT2D eigenvalue weighted by atomic mass is 16.1. The van der Waals surface area contributed by atoms with Crippen LogP contribution in [0.15, 0.2) is 48.5 Å². The van der Waals surface area contributed by atoms with Crippen molar-refractivity contribution in [3.05, 3.63) is 59.7 Å². The van der Waals surface area contributed by atoms with Gasteiger partial charge in [-0.25, -0.2) is 4.98 Å². The highest BCUT2D eigenvalue weighted by Crippen LogP contribution is 2.19. The summed E-state index contributed by atoms with van der Waals surface area (Å²) in [7, 11) is 1.82. The van der Waals surface area contributed by atoms with Gasteiger partial charge < -0.3 is 4.57 Å². The number of hydrogen-bond acceptors (Lipinski definition) is 3. The monoisotopic (exact) mass is 276 g/mol. The normalized spacial score (nSPS) is 10.3. The van der Waals surface area contributed by atoms with Gasteiger partial charge >= 0.3 is 0 Å². The van der Waals surface area contributed by atoms with Crippen LogP contribution in [0.3, 0.4) is 0 Å². The lowest BCUT2D eigenvalue weighted by molar-refractivity contribution is 0.102. The summed E-state index contributed by atoms with van der Waals surface area (Å²) in [5, 5.41) is 11.7. The standard InChI is InChI=1S/C16H12N4O/c1-20-14-8-7-11(10-17)9-13(14)18-16(20)19-15(21)12-5-3-2-4-6-12/h2-9H,1H3,(H,18,19,21). The second kappa shape index (κ2) is 5.10. The number of nitrogens with zero attached hydrogens (tertiary/aromatic N) is 3. The molecule has 0 spiro atoms. The highest BCUT2D eigenvalue weighted by molar-refractivity contribution is 6.04. The van der Waals surface area contributed by atoms with Crippen molar-refractivity contribution in [2.75, 3.05) is 5.32 Å².